The zero-order valence-electron chi connectivity index (χ0n) is 9.44. The maximum atomic E-state index is 13.0. The summed E-state index contributed by atoms with van der Waals surface area (Å²) in [6, 6.07) is 1.53. The first-order chi connectivity index (χ1) is 8.47. The van der Waals surface area contributed by atoms with E-state index in [4.69, 9.17) is 0 Å². The fourth-order valence-corrected chi connectivity index (χ4v) is 1.57. The zero-order valence-corrected chi connectivity index (χ0v) is 9.44. The Bertz CT molecular complexity index is 547. The minimum Gasteiger partial charge on any atom is -0.388 e. The molecule has 4 nitrogen and oxygen atoms in total. The fourth-order valence-electron chi connectivity index (χ4n) is 1.57. The summed E-state index contributed by atoms with van der Waals surface area (Å²) in [7, 11) is 1.65. The van der Waals surface area contributed by atoms with E-state index in [2.05, 4.69) is 10.3 Å². The predicted molar refractivity (Wildman–Crippen MR) is 56.0 cm³/mol. The predicted octanol–water partition coefficient (Wildman–Crippen LogP) is 1.51. The van der Waals surface area contributed by atoms with Gasteiger partial charge in [0.25, 0.3) is 0 Å². The summed E-state index contributed by atoms with van der Waals surface area (Å²) in [5.41, 5.74) is 0.423. The first kappa shape index (κ1) is 12.6. The summed E-state index contributed by atoms with van der Waals surface area (Å²) in [4.78, 5) is 0. The van der Waals surface area contributed by atoms with Crippen LogP contribution in [0.2, 0.25) is 0 Å². The van der Waals surface area contributed by atoms with E-state index in [1.54, 1.807) is 13.2 Å². The molecule has 0 saturated heterocycles. The van der Waals surface area contributed by atoms with Crippen molar-refractivity contribution in [2.24, 2.45) is 7.05 Å². The fraction of sp³-hybridized carbons (Fsp3) is 0.273. The third-order valence-electron chi connectivity index (χ3n) is 2.44. The van der Waals surface area contributed by atoms with Gasteiger partial charge in [0.15, 0.2) is 17.5 Å². The number of nitrogens with zero attached hydrogens (tertiary/aromatic N) is 3. The molecule has 1 heterocycles. The Kier molecular flexibility index (Phi) is 3.33. The lowest BCUT2D eigenvalue weighted by Crippen LogP contribution is -2.05. The Morgan fingerprint density at radius 2 is 1.89 bits per heavy atom. The third-order valence-corrected chi connectivity index (χ3v) is 2.44. The smallest absolute Gasteiger partial charge is 0.194 e. The molecule has 18 heavy (non-hydrogen) atoms. The number of hydrogen-bond acceptors (Lipinski definition) is 3. The number of rotatable bonds is 3. The van der Waals surface area contributed by atoms with Crippen molar-refractivity contribution in [2.45, 2.75) is 12.5 Å². The van der Waals surface area contributed by atoms with Gasteiger partial charge in [-0.2, -0.15) is 0 Å². The Labute approximate surface area is 101 Å². The highest BCUT2D eigenvalue weighted by atomic mass is 19.2. The quantitative estimate of drug-likeness (QED) is 0.848. The molecule has 1 aromatic heterocycles. The first-order valence-corrected chi connectivity index (χ1v) is 5.15. The van der Waals surface area contributed by atoms with Crippen molar-refractivity contribution in [3.05, 3.63) is 47.0 Å². The van der Waals surface area contributed by atoms with Gasteiger partial charge >= 0.3 is 0 Å². The summed E-state index contributed by atoms with van der Waals surface area (Å²) in [6.45, 7) is 0. The van der Waals surface area contributed by atoms with E-state index in [1.807, 2.05) is 0 Å². The molecule has 2 rings (SSSR count). The maximum Gasteiger partial charge on any atom is 0.194 e. The van der Waals surface area contributed by atoms with E-state index in [0.717, 1.165) is 12.1 Å². The molecule has 0 aliphatic carbocycles. The van der Waals surface area contributed by atoms with Crippen molar-refractivity contribution < 1.29 is 18.3 Å². The lowest BCUT2D eigenvalue weighted by molar-refractivity contribution is 0.176. The topological polar surface area (TPSA) is 50.9 Å². The molecule has 1 N–H and O–H groups in total. The van der Waals surface area contributed by atoms with Gasteiger partial charge in [-0.05, 0) is 17.7 Å². The van der Waals surface area contributed by atoms with E-state index in [9.17, 15) is 18.3 Å². The van der Waals surface area contributed by atoms with Gasteiger partial charge < -0.3 is 5.11 Å². The Morgan fingerprint density at radius 1 is 1.28 bits per heavy atom. The molecule has 0 amide bonds. The SMILES string of the molecule is Cn1cc(CC(O)c2cc(F)c(F)c(F)c2)nn1. The molecule has 7 heteroatoms. The van der Waals surface area contributed by atoms with Crippen molar-refractivity contribution in [1.82, 2.24) is 15.0 Å². The minimum atomic E-state index is -1.55. The molecule has 96 valence electrons. The molecule has 1 atom stereocenters. The molecular weight excluding hydrogens is 247 g/mol. The zero-order chi connectivity index (χ0) is 13.3. The summed E-state index contributed by atoms with van der Waals surface area (Å²) in [6.07, 6.45) is 0.434. The number of aliphatic hydroxyl groups excluding tert-OH is 1. The van der Waals surface area contributed by atoms with Crippen LogP contribution in [-0.4, -0.2) is 20.1 Å². The minimum absolute atomic E-state index is 0.0400. The number of benzene rings is 1. The normalized spacial score (nSPS) is 12.7. The number of aromatic nitrogens is 3. The van der Waals surface area contributed by atoms with Crippen LogP contribution in [0.25, 0.3) is 0 Å². The molecule has 1 aromatic carbocycles. The molecule has 0 fully saturated rings. The number of aliphatic hydroxyl groups is 1. The Hall–Kier alpha value is -1.89. The molecule has 1 unspecified atom stereocenters. The van der Waals surface area contributed by atoms with Crippen LogP contribution >= 0.6 is 0 Å². The molecule has 2 aromatic rings. The molecule has 0 aliphatic rings. The van der Waals surface area contributed by atoms with Gasteiger partial charge in [-0.3, -0.25) is 4.68 Å². The van der Waals surface area contributed by atoms with Crippen LogP contribution in [0.3, 0.4) is 0 Å². The number of halogens is 3. The van der Waals surface area contributed by atoms with E-state index >= 15 is 0 Å². The Balaban J connectivity index is 2.21. The standard InChI is InChI=1S/C11H10F3N3O/c1-17-5-7(15-16-17)4-10(18)6-2-8(12)11(14)9(13)3-6/h2-3,5,10,18H,4H2,1H3. The van der Waals surface area contributed by atoms with E-state index in [0.29, 0.717) is 5.69 Å². The summed E-state index contributed by atoms with van der Waals surface area (Å²) < 4.78 is 40.2. The van der Waals surface area contributed by atoms with Crippen LogP contribution in [0.4, 0.5) is 13.2 Å². The second-order valence-corrected chi connectivity index (χ2v) is 3.90. The summed E-state index contributed by atoms with van der Waals surface area (Å²) in [5, 5.41) is 17.2. The van der Waals surface area contributed by atoms with Gasteiger partial charge in [-0.25, -0.2) is 13.2 Å². The molecule has 0 aliphatic heterocycles. The Morgan fingerprint density at radius 3 is 2.39 bits per heavy atom. The van der Waals surface area contributed by atoms with Gasteiger partial charge in [-0.15, -0.1) is 5.10 Å². The van der Waals surface area contributed by atoms with Gasteiger partial charge in [0.05, 0.1) is 11.8 Å². The molecule has 0 saturated carbocycles. The highest BCUT2D eigenvalue weighted by molar-refractivity contribution is 5.22. The summed E-state index contributed by atoms with van der Waals surface area (Å²) >= 11 is 0. The van der Waals surface area contributed by atoms with Gasteiger partial charge in [0.1, 0.15) is 0 Å². The van der Waals surface area contributed by atoms with Crippen molar-refractivity contribution in [1.29, 1.82) is 0 Å². The van der Waals surface area contributed by atoms with Crippen LogP contribution in [0.15, 0.2) is 18.3 Å². The van der Waals surface area contributed by atoms with Crippen LogP contribution in [-0.2, 0) is 13.5 Å². The number of aryl methyl sites for hydroxylation is 1. The van der Waals surface area contributed by atoms with Crippen molar-refractivity contribution in [3.8, 4) is 0 Å². The van der Waals surface area contributed by atoms with Crippen LogP contribution in [0.1, 0.15) is 17.4 Å². The van der Waals surface area contributed by atoms with Crippen molar-refractivity contribution in [2.75, 3.05) is 0 Å². The molecule has 0 radical (unpaired) electrons. The molecular formula is C11H10F3N3O. The first-order valence-electron chi connectivity index (χ1n) is 5.15. The van der Waals surface area contributed by atoms with Gasteiger partial charge in [0, 0.05) is 19.7 Å². The molecule has 0 bridgehead atoms. The monoisotopic (exact) mass is 257 g/mol. The molecule has 0 spiro atoms. The number of hydrogen-bond donors (Lipinski definition) is 1. The van der Waals surface area contributed by atoms with Crippen molar-refractivity contribution in [3.63, 3.8) is 0 Å². The van der Waals surface area contributed by atoms with Gasteiger partial charge in [-0.1, -0.05) is 5.21 Å². The van der Waals surface area contributed by atoms with Crippen molar-refractivity contribution >= 4 is 0 Å². The average molecular weight is 257 g/mol. The van der Waals surface area contributed by atoms with E-state index in [-0.39, 0.29) is 12.0 Å². The largest absolute Gasteiger partial charge is 0.388 e. The lowest BCUT2D eigenvalue weighted by atomic mass is 10.0. The maximum absolute atomic E-state index is 13.0. The van der Waals surface area contributed by atoms with Gasteiger partial charge in [0.2, 0.25) is 0 Å². The summed E-state index contributed by atoms with van der Waals surface area (Å²) in [5.74, 6) is -4.21. The van der Waals surface area contributed by atoms with E-state index < -0.39 is 23.6 Å². The van der Waals surface area contributed by atoms with Crippen LogP contribution < -0.4 is 0 Å². The second-order valence-electron chi connectivity index (χ2n) is 3.90. The lowest BCUT2D eigenvalue weighted by Gasteiger charge is -2.09. The second kappa shape index (κ2) is 4.77. The van der Waals surface area contributed by atoms with Crippen LogP contribution in [0, 0.1) is 17.5 Å². The van der Waals surface area contributed by atoms with Crippen LogP contribution in [0.5, 0.6) is 0 Å². The highest BCUT2D eigenvalue weighted by Crippen LogP contribution is 2.21. The van der Waals surface area contributed by atoms with E-state index in [1.165, 1.54) is 4.68 Å². The third kappa shape index (κ3) is 2.51. The average Bonchev–Trinajstić information content (AvgIpc) is 2.71. The highest BCUT2D eigenvalue weighted by Gasteiger charge is 2.17.